The molecule has 2 nitrogen and oxygen atoms in total. The smallest absolute Gasteiger partial charge is 0.0855 e. The van der Waals surface area contributed by atoms with Gasteiger partial charge in [-0.05, 0) is 17.5 Å². The summed E-state index contributed by atoms with van der Waals surface area (Å²) < 4.78 is 0. The van der Waals surface area contributed by atoms with E-state index in [9.17, 15) is 0 Å². The van der Waals surface area contributed by atoms with Crippen LogP contribution in [0.1, 0.15) is 25.3 Å². The van der Waals surface area contributed by atoms with Gasteiger partial charge in [-0.1, -0.05) is 32.0 Å². The average molecular weight is 242 g/mol. The van der Waals surface area contributed by atoms with Gasteiger partial charge in [-0.2, -0.15) is 5.26 Å². The number of fused-ring (bicyclic) bond motifs is 1. The summed E-state index contributed by atoms with van der Waals surface area (Å²) in [5.41, 5.74) is 2.33. The lowest BCUT2D eigenvalue weighted by Gasteiger charge is -2.10. The number of benzene rings is 1. The molecule has 0 radical (unpaired) electrons. The fourth-order valence-electron chi connectivity index (χ4n) is 1.88. The zero-order valence-electron chi connectivity index (χ0n) is 9.97. The maximum atomic E-state index is 8.66. The maximum Gasteiger partial charge on any atom is 0.0855 e. The van der Waals surface area contributed by atoms with Crippen LogP contribution < -0.4 is 0 Å². The molecule has 3 heteroatoms. The van der Waals surface area contributed by atoms with E-state index in [1.165, 1.54) is 5.56 Å². The van der Waals surface area contributed by atoms with Crippen LogP contribution in [0.15, 0.2) is 35.4 Å². The molecule has 0 fully saturated rings. The van der Waals surface area contributed by atoms with E-state index in [1.54, 1.807) is 11.8 Å². The van der Waals surface area contributed by atoms with Crippen LogP contribution in [0.4, 0.5) is 0 Å². The first-order valence-corrected chi connectivity index (χ1v) is 6.60. The number of hydrogen-bond acceptors (Lipinski definition) is 3. The number of para-hydroxylation sites is 1. The summed E-state index contributed by atoms with van der Waals surface area (Å²) in [6, 6.07) is 10.4. The second-order valence-corrected chi connectivity index (χ2v) is 5.17. The van der Waals surface area contributed by atoms with Gasteiger partial charge in [-0.15, -0.1) is 11.8 Å². The van der Waals surface area contributed by atoms with Gasteiger partial charge in [-0.25, -0.2) is 0 Å². The van der Waals surface area contributed by atoms with Gasteiger partial charge in [0.15, 0.2) is 0 Å². The monoisotopic (exact) mass is 242 g/mol. The molecule has 1 heterocycles. The molecule has 86 valence electrons. The Morgan fingerprint density at radius 1 is 1.35 bits per heavy atom. The van der Waals surface area contributed by atoms with E-state index < -0.39 is 0 Å². The zero-order valence-corrected chi connectivity index (χ0v) is 10.8. The quantitative estimate of drug-likeness (QED) is 0.764. The molecule has 0 bridgehead atoms. The number of aromatic nitrogens is 1. The molecule has 0 N–H and O–H groups in total. The Morgan fingerprint density at radius 3 is 2.88 bits per heavy atom. The Balaban J connectivity index is 2.58. The summed E-state index contributed by atoms with van der Waals surface area (Å²) in [6.07, 6.45) is 1.83. The van der Waals surface area contributed by atoms with Gasteiger partial charge in [0.25, 0.3) is 0 Å². The van der Waals surface area contributed by atoms with Crippen molar-refractivity contribution < 1.29 is 0 Å². The van der Waals surface area contributed by atoms with Crippen molar-refractivity contribution >= 4 is 22.7 Å². The van der Waals surface area contributed by atoms with E-state index in [4.69, 9.17) is 5.26 Å². The number of hydrogen-bond donors (Lipinski definition) is 0. The summed E-state index contributed by atoms with van der Waals surface area (Å²) in [7, 11) is 0. The van der Waals surface area contributed by atoms with E-state index in [1.807, 2.05) is 12.3 Å². The highest BCUT2D eigenvalue weighted by atomic mass is 32.2. The molecular formula is C14H14N2S. The molecule has 0 aliphatic carbocycles. The molecule has 0 aliphatic rings. The minimum atomic E-state index is 0.461. The zero-order chi connectivity index (χ0) is 12.3. The van der Waals surface area contributed by atoms with Crippen molar-refractivity contribution in [2.75, 3.05) is 5.75 Å². The number of nitriles is 1. The molecule has 0 amide bonds. The van der Waals surface area contributed by atoms with Crippen LogP contribution in [0.3, 0.4) is 0 Å². The predicted molar refractivity (Wildman–Crippen MR) is 72.2 cm³/mol. The van der Waals surface area contributed by atoms with Crippen molar-refractivity contribution in [2.45, 2.75) is 24.7 Å². The largest absolute Gasteiger partial charge is 0.256 e. The Hall–Kier alpha value is -1.53. The van der Waals surface area contributed by atoms with Gasteiger partial charge < -0.3 is 0 Å². The third-order valence-corrected chi connectivity index (χ3v) is 3.62. The van der Waals surface area contributed by atoms with E-state index in [0.717, 1.165) is 15.8 Å². The average Bonchev–Trinajstić information content (AvgIpc) is 2.35. The summed E-state index contributed by atoms with van der Waals surface area (Å²) in [6.45, 7) is 4.34. The van der Waals surface area contributed by atoms with Crippen LogP contribution in [0.5, 0.6) is 0 Å². The van der Waals surface area contributed by atoms with Gasteiger partial charge in [0.2, 0.25) is 0 Å². The Morgan fingerprint density at radius 2 is 2.18 bits per heavy atom. The highest BCUT2D eigenvalue weighted by Gasteiger charge is 2.08. The standard InChI is InChI=1S/C14H14N2S/c1-10(2)11-4-3-5-12-13(17-9-7-15)6-8-16-14(11)12/h3-6,8,10H,9H2,1-2H3. The number of nitrogens with zero attached hydrogens (tertiary/aromatic N) is 2. The van der Waals surface area contributed by atoms with Crippen LogP contribution in [0.2, 0.25) is 0 Å². The normalized spacial score (nSPS) is 10.7. The van der Waals surface area contributed by atoms with Crippen molar-refractivity contribution in [3.05, 3.63) is 36.0 Å². The van der Waals surface area contributed by atoms with Crippen molar-refractivity contribution in [1.29, 1.82) is 5.26 Å². The molecular weight excluding hydrogens is 228 g/mol. The van der Waals surface area contributed by atoms with Crippen molar-refractivity contribution in [3.8, 4) is 6.07 Å². The number of rotatable bonds is 3. The SMILES string of the molecule is CC(C)c1cccc2c(SCC#N)ccnc12. The second-order valence-electron chi connectivity index (χ2n) is 4.15. The van der Waals surface area contributed by atoms with Gasteiger partial charge in [0.05, 0.1) is 17.3 Å². The highest BCUT2D eigenvalue weighted by Crippen LogP contribution is 2.30. The molecule has 0 spiro atoms. The third-order valence-electron chi connectivity index (χ3n) is 2.68. The second kappa shape index (κ2) is 5.20. The van der Waals surface area contributed by atoms with Crippen molar-refractivity contribution in [1.82, 2.24) is 4.98 Å². The summed E-state index contributed by atoms with van der Waals surface area (Å²) in [5.74, 6) is 0.938. The minimum Gasteiger partial charge on any atom is -0.256 e. The molecule has 0 atom stereocenters. The van der Waals surface area contributed by atoms with Crippen molar-refractivity contribution in [2.24, 2.45) is 0 Å². The summed E-state index contributed by atoms with van der Waals surface area (Å²) in [5, 5.41) is 9.81. The van der Waals surface area contributed by atoms with Crippen LogP contribution in [-0.2, 0) is 0 Å². The van der Waals surface area contributed by atoms with Gasteiger partial charge in [-0.3, -0.25) is 4.98 Å². The number of thioether (sulfide) groups is 1. The first-order valence-electron chi connectivity index (χ1n) is 5.61. The Bertz CT molecular complexity index is 570. The summed E-state index contributed by atoms with van der Waals surface area (Å²) >= 11 is 1.57. The van der Waals surface area contributed by atoms with Crippen LogP contribution in [0.25, 0.3) is 10.9 Å². The lowest BCUT2D eigenvalue weighted by atomic mass is 10.00. The van der Waals surface area contributed by atoms with E-state index in [2.05, 4.69) is 43.1 Å². The highest BCUT2D eigenvalue weighted by molar-refractivity contribution is 7.99. The lowest BCUT2D eigenvalue weighted by Crippen LogP contribution is -1.92. The van der Waals surface area contributed by atoms with Crippen LogP contribution >= 0.6 is 11.8 Å². The first kappa shape index (κ1) is 11.9. The van der Waals surface area contributed by atoms with E-state index in [-0.39, 0.29) is 0 Å². The molecule has 2 rings (SSSR count). The topological polar surface area (TPSA) is 36.7 Å². The summed E-state index contributed by atoms with van der Waals surface area (Å²) in [4.78, 5) is 5.61. The molecule has 1 aromatic carbocycles. The van der Waals surface area contributed by atoms with Crippen LogP contribution in [-0.4, -0.2) is 10.7 Å². The van der Waals surface area contributed by atoms with E-state index >= 15 is 0 Å². The lowest BCUT2D eigenvalue weighted by molar-refractivity contribution is 0.872. The van der Waals surface area contributed by atoms with Gasteiger partial charge in [0.1, 0.15) is 0 Å². The Kier molecular flexibility index (Phi) is 3.65. The molecule has 0 saturated carbocycles. The molecule has 1 aromatic heterocycles. The van der Waals surface area contributed by atoms with E-state index in [0.29, 0.717) is 11.7 Å². The molecule has 0 unspecified atom stereocenters. The number of pyridine rings is 1. The fourth-order valence-corrected chi connectivity index (χ4v) is 2.57. The Labute approximate surface area is 106 Å². The molecule has 0 aliphatic heterocycles. The predicted octanol–water partition coefficient (Wildman–Crippen LogP) is 3.97. The molecule has 2 aromatic rings. The molecule has 17 heavy (non-hydrogen) atoms. The maximum absolute atomic E-state index is 8.66. The van der Waals surface area contributed by atoms with Gasteiger partial charge in [0, 0.05) is 16.5 Å². The first-order chi connectivity index (χ1) is 8.24. The van der Waals surface area contributed by atoms with Crippen molar-refractivity contribution in [3.63, 3.8) is 0 Å². The molecule has 0 saturated heterocycles. The van der Waals surface area contributed by atoms with Gasteiger partial charge >= 0.3 is 0 Å². The minimum absolute atomic E-state index is 0.461. The third kappa shape index (κ3) is 2.42. The fraction of sp³-hybridized carbons (Fsp3) is 0.286. The van der Waals surface area contributed by atoms with Crippen LogP contribution in [0, 0.1) is 11.3 Å².